The number of aliphatic hydroxyl groups excluding tert-OH is 1. The van der Waals surface area contributed by atoms with Crippen molar-refractivity contribution < 1.29 is 9.50 Å². The Labute approximate surface area is 114 Å². The zero-order valence-electron chi connectivity index (χ0n) is 9.28. The van der Waals surface area contributed by atoms with Crippen molar-refractivity contribution in [3.63, 3.8) is 0 Å². The van der Waals surface area contributed by atoms with E-state index in [2.05, 4.69) is 4.98 Å². The smallest absolute Gasteiger partial charge is 0.141 e. The van der Waals surface area contributed by atoms with Crippen LogP contribution >= 0.6 is 23.2 Å². The summed E-state index contributed by atoms with van der Waals surface area (Å²) in [5.74, 6) is -0.435. The van der Waals surface area contributed by atoms with Gasteiger partial charge in [0.25, 0.3) is 0 Å². The molecule has 1 aromatic carbocycles. The van der Waals surface area contributed by atoms with Crippen molar-refractivity contribution in [1.82, 2.24) is 4.98 Å². The molecule has 1 atom stereocenters. The molecule has 0 amide bonds. The number of pyridine rings is 1. The van der Waals surface area contributed by atoms with Crippen molar-refractivity contribution in [3.05, 3.63) is 63.6 Å². The maximum absolute atomic E-state index is 12.7. The first kappa shape index (κ1) is 13.3. The Bertz CT molecular complexity index is 545. The molecule has 18 heavy (non-hydrogen) atoms. The third-order valence-electron chi connectivity index (χ3n) is 2.52. The summed E-state index contributed by atoms with van der Waals surface area (Å²) in [6.07, 6.45) is 0.542. The van der Waals surface area contributed by atoms with E-state index in [-0.39, 0.29) is 0 Å². The second-order valence-corrected chi connectivity index (χ2v) is 4.70. The summed E-state index contributed by atoms with van der Waals surface area (Å²) in [6.45, 7) is 0. The Balaban J connectivity index is 2.15. The van der Waals surface area contributed by atoms with Crippen molar-refractivity contribution in [2.45, 2.75) is 12.5 Å². The normalized spacial score (nSPS) is 12.4. The van der Waals surface area contributed by atoms with Crippen LogP contribution in [0.3, 0.4) is 0 Å². The van der Waals surface area contributed by atoms with Crippen LogP contribution in [0.25, 0.3) is 0 Å². The molecule has 1 unspecified atom stereocenters. The largest absolute Gasteiger partial charge is 0.386 e. The summed E-state index contributed by atoms with van der Waals surface area (Å²) >= 11 is 11.8. The second-order valence-electron chi connectivity index (χ2n) is 3.86. The van der Waals surface area contributed by atoms with Crippen LogP contribution in [0.5, 0.6) is 0 Å². The lowest BCUT2D eigenvalue weighted by atomic mass is 10.1. The minimum atomic E-state index is -0.829. The van der Waals surface area contributed by atoms with Gasteiger partial charge in [-0.25, -0.2) is 4.39 Å². The Hall–Kier alpha value is -1.16. The molecule has 94 valence electrons. The van der Waals surface area contributed by atoms with Crippen LogP contribution in [0.15, 0.2) is 36.5 Å². The standard InChI is InChI=1S/C13H10Cl2FNO/c14-9-2-1-8(11(15)6-9)5-13(18)12-4-3-10(16)7-17-12/h1-4,6-7,13,18H,5H2. The zero-order valence-corrected chi connectivity index (χ0v) is 10.8. The van der Waals surface area contributed by atoms with Crippen molar-refractivity contribution in [2.24, 2.45) is 0 Å². The van der Waals surface area contributed by atoms with E-state index in [1.54, 1.807) is 18.2 Å². The zero-order chi connectivity index (χ0) is 13.1. The molecule has 0 radical (unpaired) electrons. The third-order valence-corrected chi connectivity index (χ3v) is 3.11. The molecule has 2 nitrogen and oxygen atoms in total. The number of aromatic nitrogens is 1. The topological polar surface area (TPSA) is 33.1 Å². The highest BCUT2D eigenvalue weighted by molar-refractivity contribution is 6.35. The van der Waals surface area contributed by atoms with E-state index in [1.165, 1.54) is 12.1 Å². The number of hydrogen-bond acceptors (Lipinski definition) is 2. The van der Waals surface area contributed by atoms with Crippen LogP contribution in [-0.4, -0.2) is 10.1 Å². The van der Waals surface area contributed by atoms with Crippen molar-refractivity contribution in [2.75, 3.05) is 0 Å². The fraction of sp³-hybridized carbons (Fsp3) is 0.154. The molecule has 0 aliphatic carbocycles. The van der Waals surface area contributed by atoms with Gasteiger partial charge < -0.3 is 5.11 Å². The van der Waals surface area contributed by atoms with Gasteiger partial charge in [0.05, 0.1) is 18.0 Å². The first-order chi connectivity index (χ1) is 8.56. The monoisotopic (exact) mass is 285 g/mol. The SMILES string of the molecule is OC(Cc1ccc(Cl)cc1Cl)c1ccc(F)cn1. The number of benzene rings is 1. The fourth-order valence-corrected chi connectivity index (χ4v) is 2.07. The van der Waals surface area contributed by atoms with Gasteiger partial charge in [0.15, 0.2) is 0 Å². The van der Waals surface area contributed by atoms with Gasteiger partial charge in [0.2, 0.25) is 0 Å². The molecule has 2 aromatic rings. The van der Waals surface area contributed by atoms with Gasteiger partial charge in [-0.2, -0.15) is 0 Å². The first-order valence-corrected chi connectivity index (χ1v) is 6.05. The summed E-state index contributed by atoms with van der Waals surface area (Å²) in [5, 5.41) is 11.0. The summed E-state index contributed by atoms with van der Waals surface area (Å²) in [5.41, 5.74) is 1.17. The van der Waals surface area contributed by atoms with Crippen LogP contribution in [0.1, 0.15) is 17.4 Å². The van der Waals surface area contributed by atoms with E-state index in [9.17, 15) is 9.50 Å². The number of aliphatic hydroxyl groups is 1. The van der Waals surface area contributed by atoms with E-state index < -0.39 is 11.9 Å². The highest BCUT2D eigenvalue weighted by atomic mass is 35.5. The van der Waals surface area contributed by atoms with Crippen LogP contribution in [0, 0.1) is 5.82 Å². The Morgan fingerprint density at radius 2 is 2.00 bits per heavy atom. The van der Waals surface area contributed by atoms with E-state index in [4.69, 9.17) is 23.2 Å². The maximum atomic E-state index is 12.7. The van der Waals surface area contributed by atoms with Crippen LogP contribution in [0.2, 0.25) is 10.0 Å². The highest BCUT2D eigenvalue weighted by Gasteiger charge is 2.12. The first-order valence-electron chi connectivity index (χ1n) is 5.29. The van der Waals surface area contributed by atoms with Gasteiger partial charge in [0, 0.05) is 16.5 Å². The fourth-order valence-electron chi connectivity index (χ4n) is 1.58. The lowest BCUT2D eigenvalue weighted by molar-refractivity contribution is 0.173. The number of nitrogens with zero attached hydrogens (tertiary/aromatic N) is 1. The summed E-state index contributed by atoms with van der Waals surface area (Å²) < 4.78 is 12.7. The number of halogens is 3. The lowest BCUT2D eigenvalue weighted by Gasteiger charge is -2.11. The minimum Gasteiger partial charge on any atom is -0.386 e. The van der Waals surface area contributed by atoms with Gasteiger partial charge >= 0.3 is 0 Å². The molecule has 0 fully saturated rings. The van der Waals surface area contributed by atoms with Gasteiger partial charge in [-0.1, -0.05) is 29.3 Å². The van der Waals surface area contributed by atoms with Gasteiger partial charge in [-0.05, 0) is 29.8 Å². The third kappa shape index (κ3) is 3.19. The molecule has 0 saturated heterocycles. The van der Waals surface area contributed by atoms with E-state index in [0.29, 0.717) is 22.2 Å². The van der Waals surface area contributed by atoms with E-state index in [1.807, 2.05) is 0 Å². The Kier molecular flexibility index (Phi) is 4.17. The number of rotatable bonds is 3. The molecular weight excluding hydrogens is 276 g/mol. The molecule has 5 heteroatoms. The van der Waals surface area contributed by atoms with Crippen LogP contribution < -0.4 is 0 Å². The molecule has 0 spiro atoms. The predicted molar refractivity (Wildman–Crippen MR) is 69.3 cm³/mol. The van der Waals surface area contributed by atoms with Crippen LogP contribution in [-0.2, 0) is 6.42 Å². The Morgan fingerprint density at radius 3 is 2.61 bits per heavy atom. The predicted octanol–water partition coefficient (Wildman–Crippen LogP) is 3.80. The molecule has 2 rings (SSSR count). The summed E-state index contributed by atoms with van der Waals surface area (Å²) in [4.78, 5) is 3.83. The molecule has 0 aliphatic rings. The van der Waals surface area contributed by atoms with E-state index in [0.717, 1.165) is 11.8 Å². The Morgan fingerprint density at radius 1 is 1.22 bits per heavy atom. The van der Waals surface area contributed by atoms with E-state index >= 15 is 0 Å². The van der Waals surface area contributed by atoms with Gasteiger partial charge in [-0.3, -0.25) is 4.98 Å². The van der Waals surface area contributed by atoms with Crippen molar-refractivity contribution >= 4 is 23.2 Å². The maximum Gasteiger partial charge on any atom is 0.141 e. The summed E-state index contributed by atoms with van der Waals surface area (Å²) in [6, 6.07) is 7.77. The van der Waals surface area contributed by atoms with Crippen LogP contribution in [0.4, 0.5) is 4.39 Å². The molecular formula is C13H10Cl2FNO. The lowest BCUT2D eigenvalue weighted by Crippen LogP contribution is -2.04. The average molecular weight is 286 g/mol. The van der Waals surface area contributed by atoms with Gasteiger partial charge in [0.1, 0.15) is 5.82 Å². The second kappa shape index (κ2) is 5.65. The molecule has 1 aromatic heterocycles. The molecule has 0 bridgehead atoms. The average Bonchev–Trinajstić information content (AvgIpc) is 2.33. The number of hydrogen-bond donors (Lipinski definition) is 1. The highest BCUT2D eigenvalue weighted by Crippen LogP contribution is 2.25. The van der Waals surface area contributed by atoms with Crippen molar-refractivity contribution in [3.8, 4) is 0 Å². The molecule has 0 aliphatic heterocycles. The van der Waals surface area contributed by atoms with Gasteiger partial charge in [-0.15, -0.1) is 0 Å². The molecule has 1 N–H and O–H groups in total. The summed E-state index contributed by atoms with van der Waals surface area (Å²) in [7, 11) is 0. The minimum absolute atomic E-state index is 0.300. The molecule has 1 heterocycles. The van der Waals surface area contributed by atoms with Crippen molar-refractivity contribution in [1.29, 1.82) is 0 Å². The quantitative estimate of drug-likeness (QED) is 0.930. The molecule has 0 saturated carbocycles.